The minimum atomic E-state index is -2.95. The molecule has 1 N–H and O–H groups in total. The minimum Gasteiger partial charge on any atom is -0.444 e. The van der Waals surface area contributed by atoms with Gasteiger partial charge in [-0.25, -0.2) is 13.2 Å². The number of non-ortho nitro benzene ring substituents is 1. The fraction of sp³-hybridized carbons (Fsp3) is 0.462. The SMILES string of the molecule is CC(C)(C)OC(=O)NCCN(c1ccc([N+](=O)[O-])cc1)[SH](=O)=O. The highest BCUT2D eigenvalue weighted by Gasteiger charge is 2.16. The van der Waals surface area contributed by atoms with Crippen molar-refractivity contribution in [1.82, 2.24) is 5.32 Å². The third-order valence-electron chi connectivity index (χ3n) is 2.55. The predicted molar refractivity (Wildman–Crippen MR) is 85.0 cm³/mol. The van der Waals surface area contributed by atoms with Crippen LogP contribution in [0.3, 0.4) is 0 Å². The van der Waals surface area contributed by atoms with Crippen molar-refractivity contribution < 1.29 is 22.9 Å². The Labute approximate surface area is 135 Å². The Kier molecular flexibility index (Phi) is 6.31. The highest BCUT2D eigenvalue weighted by molar-refractivity contribution is 7.74. The highest BCUT2D eigenvalue weighted by atomic mass is 32.2. The molecule has 0 spiro atoms. The molecule has 10 heteroatoms. The molecule has 0 fully saturated rings. The number of carbonyl (C=O) groups is 1. The summed E-state index contributed by atoms with van der Waals surface area (Å²) in [7, 11) is -2.95. The van der Waals surface area contributed by atoms with Gasteiger partial charge in [0, 0.05) is 18.7 Å². The topological polar surface area (TPSA) is 119 Å². The van der Waals surface area contributed by atoms with Gasteiger partial charge in [0.15, 0.2) is 0 Å². The van der Waals surface area contributed by atoms with Gasteiger partial charge in [0.1, 0.15) is 5.60 Å². The Balaban J connectivity index is 2.66. The highest BCUT2D eigenvalue weighted by Crippen LogP contribution is 2.19. The number of nitro groups is 1. The number of benzene rings is 1. The predicted octanol–water partition coefficient (Wildman–Crippen LogP) is 1.45. The van der Waals surface area contributed by atoms with E-state index in [2.05, 4.69) is 5.32 Å². The smallest absolute Gasteiger partial charge is 0.407 e. The Morgan fingerprint density at radius 2 is 1.87 bits per heavy atom. The van der Waals surface area contributed by atoms with E-state index in [4.69, 9.17) is 4.74 Å². The van der Waals surface area contributed by atoms with Crippen molar-refractivity contribution in [2.24, 2.45) is 0 Å². The molecule has 128 valence electrons. The molecule has 0 unspecified atom stereocenters. The van der Waals surface area contributed by atoms with Gasteiger partial charge in [-0.2, -0.15) is 0 Å². The van der Waals surface area contributed by atoms with Crippen LogP contribution in [-0.4, -0.2) is 38.1 Å². The molecular formula is C13H19N3O6S. The maximum absolute atomic E-state index is 11.5. The Morgan fingerprint density at radius 1 is 1.30 bits per heavy atom. The van der Waals surface area contributed by atoms with E-state index in [0.717, 1.165) is 4.31 Å². The van der Waals surface area contributed by atoms with Crippen LogP contribution in [0.5, 0.6) is 0 Å². The summed E-state index contributed by atoms with van der Waals surface area (Å²) < 4.78 is 28.7. The zero-order valence-corrected chi connectivity index (χ0v) is 13.9. The average molecular weight is 345 g/mol. The first kappa shape index (κ1) is 18.7. The first-order valence-electron chi connectivity index (χ1n) is 6.73. The molecule has 0 radical (unpaired) electrons. The van der Waals surface area contributed by atoms with Gasteiger partial charge in [-0.1, -0.05) is 0 Å². The van der Waals surface area contributed by atoms with Crippen LogP contribution in [0.2, 0.25) is 0 Å². The molecule has 9 nitrogen and oxygen atoms in total. The van der Waals surface area contributed by atoms with Crippen LogP contribution in [-0.2, 0) is 15.6 Å². The summed E-state index contributed by atoms with van der Waals surface area (Å²) in [5.41, 5.74) is -0.509. The monoisotopic (exact) mass is 345 g/mol. The van der Waals surface area contributed by atoms with Crippen molar-refractivity contribution >= 4 is 28.4 Å². The third kappa shape index (κ3) is 6.51. The molecule has 1 aromatic carbocycles. The lowest BCUT2D eigenvalue weighted by atomic mass is 10.2. The summed E-state index contributed by atoms with van der Waals surface area (Å²) in [6.45, 7) is 5.16. The Bertz CT molecular complexity index is 628. The molecule has 0 aliphatic rings. The van der Waals surface area contributed by atoms with Crippen LogP contribution in [0, 0.1) is 10.1 Å². The molecule has 1 rings (SSSR count). The molecule has 23 heavy (non-hydrogen) atoms. The van der Waals surface area contributed by atoms with Crippen molar-refractivity contribution in [3.8, 4) is 0 Å². The summed E-state index contributed by atoms with van der Waals surface area (Å²) in [6, 6.07) is 5.08. The van der Waals surface area contributed by atoms with Crippen LogP contribution in [0.1, 0.15) is 20.8 Å². The number of alkyl carbamates (subject to hydrolysis) is 1. The number of nitrogens with zero attached hydrogens (tertiary/aromatic N) is 2. The second-order valence-corrected chi connectivity index (χ2v) is 6.52. The number of hydrogen-bond donors (Lipinski definition) is 2. The van der Waals surface area contributed by atoms with E-state index < -0.39 is 27.5 Å². The zero-order chi connectivity index (χ0) is 17.6. The van der Waals surface area contributed by atoms with E-state index in [-0.39, 0.29) is 24.5 Å². The molecular weight excluding hydrogens is 326 g/mol. The molecule has 0 aromatic heterocycles. The molecule has 0 atom stereocenters. The molecule has 1 aromatic rings. The Hall–Kier alpha value is -2.36. The van der Waals surface area contributed by atoms with Crippen LogP contribution in [0.15, 0.2) is 24.3 Å². The molecule has 0 aliphatic carbocycles. The molecule has 0 saturated carbocycles. The van der Waals surface area contributed by atoms with Gasteiger partial charge in [-0.05, 0) is 32.9 Å². The quantitative estimate of drug-likeness (QED) is 0.457. The van der Waals surface area contributed by atoms with E-state index in [0.29, 0.717) is 0 Å². The van der Waals surface area contributed by atoms with E-state index >= 15 is 0 Å². The number of nitrogens with one attached hydrogen (secondary N) is 1. The zero-order valence-electron chi connectivity index (χ0n) is 13.0. The average Bonchev–Trinajstić information content (AvgIpc) is 2.41. The van der Waals surface area contributed by atoms with Gasteiger partial charge in [-0.15, -0.1) is 0 Å². The lowest BCUT2D eigenvalue weighted by Crippen LogP contribution is -2.37. The first-order valence-corrected chi connectivity index (χ1v) is 7.86. The number of nitro benzene ring substituents is 1. The third-order valence-corrected chi connectivity index (χ3v) is 3.37. The maximum atomic E-state index is 11.5. The lowest BCUT2D eigenvalue weighted by molar-refractivity contribution is -0.384. The van der Waals surface area contributed by atoms with Gasteiger partial charge >= 0.3 is 6.09 Å². The van der Waals surface area contributed by atoms with Gasteiger partial charge in [-0.3, -0.25) is 14.4 Å². The van der Waals surface area contributed by atoms with Crippen molar-refractivity contribution in [3.05, 3.63) is 34.4 Å². The molecule has 0 bridgehead atoms. The van der Waals surface area contributed by atoms with E-state index in [1.165, 1.54) is 24.3 Å². The number of carbonyl (C=O) groups excluding carboxylic acids is 1. The van der Waals surface area contributed by atoms with Crippen LogP contribution < -0.4 is 9.62 Å². The second-order valence-electron chi connectivity index (χ2n) is 5.56. The summed E-state index contributed by atoms with van der Waals surface area (Å²) in [4.78, 5) is 21.5. The van der Waals surface area contributed by atoms with Gasteiger partial charge < -0.3 is 10.1 Å². The van der Waals surface area contributed by atoms with Gasteiger partial charge in [0.2, 0.25) is 10.9 Å². The van der Waals surface area contributed by atoms with Crippen molar-refractivity contribution in [2.75, 3.05) is 17.4 Å². The van der Waals surface area contributed by atoms with Gasteiger partial charge in [0.25, 0.3) is 5.69 Å². The maximum Gasteiger partial charge on any atom is 0.407 e. The van der Waals surface area contributed by atoms with Crippen LogP contribution in [0.4, 0.5) is 16.2 Å². The summed E-state index contributed by atoms with van der Waals surface area (Å²) in [6.07, 6.45) is -0.651. The van der Waals surface area contributed by atoms with Gasteiger partial charge in [0.05, 0.1) is 17.2 Å². The van der Waals surface area contributed by atoms with E-state index in [1.807, 2.05) is 0 Å². The normalized spacial score (nSPS) is 11.1. The lowest BCUT2D eigenvalue weighted by Gasteiger charge is -2.21. The molecule has 1 amide bonds. The van der Waals surface area contributed by atoms with Crippen LogP contribution in [0.25, 0.3) is 0 Å². The first-order chi connectivity index (χ1) is 10.6. The largest absolute Gasteiger partial charge is 0.444 e. The summed E-state index contributed by atoms with van der Waals surface area (Å²) in [5, 5.41) is 13.0. The standard InChI is InChI=1S/C13H19N3O6S/c1-13(2,3)22-12(17)14-8-9-15(23(20)21)10-4-6-11(7-5-10)16(18)19/h4-7,23H,8-9H2,1-3H3,(H,14,17). The number of rotatable bonds is 6. The molecule has 0 heterocycles. The Morgan fingerprint density at radius 3 is 2.30 bits per heavy atom. The van der Waals surface area contributed by atoms with Crippen molar-refractivity contribution in [1.29, 1.82) is 0 Å². The number of ether oxygens (including phenoxy) is 1. The number of hydrogen-bond acceptors (Lipinski definition) is 6. The summed E-state index contributed by atoms with van der Waals surface area (Å²) >= 11 is 0. The molecule has 0 aliphatic heterocycles. The molecule has 0 saturated heterocycles. The van der Waals surface area contributed by atoms with Crippen LogP contribution >= 0.6 is 0 Å². The number of amides is 1. The van der Waals surface area contributed by atoms with E-state index in [9.17, 15) is 23.3 Å². The second kappa shape index (κ2) is 7.77. The fourth-order valence-corrected chi connectivity index (χ4v) is 2.21. The fourth-order valence-electron chi connectivity index (χ4n) is 1.63. The van der Waals surface area contributed by atoms with E-state index in [1.54, 1.807) is 20.8 Å². The minimum absolute atomic E-state index is 0.0181. The van der Waals surface area contributed by atoms with Crippen molar-refractivity contribution in [2.45, 2.75) is 26.4 Å². The van der Waals surface area contributed by atoms with Crippen molar-refractivity contribution in [3.63, 3.8) is 0 Å². The summed E-state index contributed by atoms with van der Waals surface area (Å²) in [5.74, 6) is 0. The number of thiol groups is 1. The number of anilines is 1.